The number of carbonyl (C=O) groups excluding carboxylic acids is 1. The van der Waals surface area contributed by atoms with E-state index in [9.17, 15) is 13.6 Å². The van der Waals surface area contributed by atoms with E-state index in [1.807, 2.05) is 12.1 Å². The highest BCUT2D eigenvalue weighted by Gasteiger charge is 2.53. The van der Waals surface area contributed by atoms with E-state index in [1.165, 1.54) is 36.5 Å². The highest BCUT2D eigenvalue weighted by Crippen LogP contribution is 2.63. The number of hydrogen-bond donors (Lipinski definition) is 2. The molecule has 1 amide bonds. The topological polar surface area (TPSA) is 41.1 Å². The van der Waals surface area contributed by atoms with Crippen molar-refractivity contribution in [3.63, 3.8) is 0 Å². The average molecular weight is 430 g/mol. The van der Waals surface area contributed by atoms with Crippen molar-refractivity contribution >= 4 is 17.3 Å². The molecule has 0 radical (unpaired) electrons. The Morgan fingerprint density at radius 1 is 0.906 bits per heavy atom. The molecule has 0 spiro atoms. The van der Waals surface area contributed by atoms with Crippen LogP contribution in [0.25, 0.3) is 0 Å². The lowest BCUT2D eigenvalue weighted by Gasteiger charge is -2.43. The van der Waals surface area contributed by atoms with Gasteiger partial charge in [-0.15, -0.1) is 0 Å². The molecule has 0 aromatic heterocycles. The molecule has 2 bridgehead atoms. The van der Waals surface area contributed by atoms with E-state index in [1.54, 1.807) is 6.07 Å². The predicted octanol–water partition coefficient (Wildman–Crippen LogP) is 6.51. The van der Waals surface area contributed by atoms with Crippen LogP contribution in [-0.2, 0) is 0 Å². The fourth-order valence-corrected chi connectivity index (χ4v) is 6.39. The molecule has 6 rings (SSSR count). The van der Waals surface area contributed by atoms with Gasteiger partial charge in [-0.25, -0.2) is 8.78 Å². The van der Waals surface area contributed by atoms with Crippen molar-refractivity contribution in [3.05, 3.63) is 95.1 Å². The van der Waals surface area contributed by atoms with Gasteiger partial charge in [0.15, 0.2) is 11.6 Å². The van der Waals surface area contributed by atoms with Crippen molar-refractivity contribution in [1.82, 2.24) is 0 Å². The SMILES string of the molecule is O=C(Nc1ccc(F)c(F)c1)c1ccc2c(c1)[C@@H]1[C@H]3CC[C@@H](C3)[C@@H]1[C@@H](c1ccccc1)N2. The van der Waals surface area contributed by atoms with Gasteiger partial charge >= 0.3 is 0 Å². The molecule has 2 N–H and O–H groups in total. The van der Waals surface area contributed by atoms with E-state index in [4.69, 9.17) is 0 Å². The average Bonchev–Trinajstić information content (AvgIpc) is 3.44. The van der Waals surface area contributed by atoms with Crippen LogP contribution in [0, 0.1) is 29.4 Å². The van der Waals surface area contributed by atoms with Crippen molar-refractivity contribution in [3.8, 4) is 0 Å². The predicted molar refractivity (Wildman–Crippen MR) is 121 cm³/mol. The van der Waals surface area contributed by atoms with Crippen LogP contribution in [0.15, 0.2) is 66.7 Å². The third kappa shape index (κ3) is 3.10. The molecule has 1 heterocycles. The Balaban J connectivity index is 1.34. The minimum Gasteiger partial charge on any atom is -0.378 e. The lowest BCUT2D eigenvalue weighted by Crippen LogP contribution is -2.35. The summed E-state index contributed by atoms with van der Waals surface area (Å²) in [6.45, 7) is 0. The van der Waals surface area contributed by atoms with Gasteiger partial charge in [-0.2, -0.15) is 0 Å². The van der Waals surface area contributed by atoms with Crippen LogP contribution < -0.4 is 10.6 Å². The van der Waals surface area contributed by atoms with Crippen LogP contribution in [0.1, 0.15) is 52.7 Å². The van der Waals surface area contributed by atoms with Crippen molar-refractivity contribution in [2.75, 3.05) is 10.6 Å². The molecule has 3 nitrogen and oxygen atoms in total. The first-order valence-electron chi connectivity index (χ1n) is 11.3. The Labute approximate surface area is 185 Å². The first kappa shape index (κ1) is 19.5. The molecule has 3 aromatic carbocycles. The van der Waals surface area contributed by atoms with Crippen LogP contribution in [0.4, 0.5) is 20.2 Å². The summed E-state index contributed by atoms with van der Waals surface area (Å²) in [5.74, 6) is 0.0903. The zero-order chi connectivity index (χ0) is 21.8. The highest BCUT2D eigenvalue weighted by molar-refractivity contribution is 6.04. The van der Waals surface area contributed by atoms with Gasteiger partial charge in [0.25, 0.3) is 5.91 Å². The maximum atomic E-state index is 13.5. The van der Waals surface area contributed by atoms with Crippen molar-refractivity contribution in [1.29, 1.82) is 0 Å². The number of amides is 1. The van der Waals surface area contributed by atoms with Gasteiger partial charge in [-0.05, 0) is 84.4 Å². The first-order chi connectivity index (χ1) is 15.6. The van der Waals surface area contributed by atoms with Gasteiger partial charge < -0.3 is 10.6 Å². The quantitative estimate of drug-likeness (QED) is 0.497. The lowest BCUT2D eigenvalue weighted by molar-refractivity contribution is 0.102. The molecule has 2 saturated carbocycles. The molecule has 3 aromatic rings. The summed E-state index contributed by atoms with van der Waals surface area (Å²) in [5.41, 5.74) is 4.41. The molecule has 5 heteroatoms. The van der Waals surface area contributed by atoms with Gasteiger partial charge in [0.2, 0.25) is 0 Å². The van der Waals surface area contributed by atoms with Crippen LogP contribution in [0.2, 0.25) is 0 Å². The molecule has 3 aliphatic rings. The summed E-state index contributed by atoms with van der Waals surface area (Å²) in [6.07, 6.45) is 3.78. The number of rotatable bonds is 3. The Morgan fingerprint density at radius 2 is 1.72 bits per heavy atom. The molecular formula is C27H24F2N2O. The van der Waals surface area contributed by atoms with E-state index < -0.39 is 11.6 Å². The van der Waals surface area contributed by atoms with Gasteiger partial charge in [-0.3, -0.25) is 4.79 Å². The summed E-state index contributed by atoms with van der Waals surface area (Å²) in [4.78, 5) is 12.9. The second kappa shape index (κ2) is 7.44. The van der Waals surface area contributed by atoms with Crippen LogP contribution in [0.3, 0.4) is 0 Å². The lowest BCUT2D eigenvalue weighted by atomic mass is 9.68. The molecular weight excluding hydrogens is 406 g/mol. The number of halogens is 2. The van der Waals surface area contributed by atoms with Gasteiger partial charge in [0.1, 0.15) is 0 Å². The maximum absolute atomic E-state index is 13.5. The summed E-state index contributed by atoms with van der Waals surface area (Å²) in [7, 11) is 0. The number of benzene rings is 3. The molecule has 5 atom stereocenters. The number of carbonyl (C=O) groups is 1. The first-order valence-corrected chi connectivity index (χ1v) is 11.3. The summed E-state index contributed by atoms with van der Waals surface area (Å²) in [6, 6.07) is 20.1. The van der Waals surface area contributed by atoms with Gasteiger partial charge in [0.05, 0.1) is 6.04 Å². The number of nitrogens with one attached hydrogen (secondary N) is 2. The van der Waals surface area contributed by atoms with Crippen molar-refractivity contribution < 1.29 is 13.6 Å². The molecule has 1 aliphatic heterocycles. The summed E-state index contributed by atoms with van der Waals surface area (Å²) < 4.78 is 26.7. The minimum atomic E-state index is -0.978. The third-order valence-corrected chi connectivity index (χ3v) is 7.69. The van der Waals surface area contributed by atoms with E-state index >= 15 is 0 Å². The zero-order valence-corrected chi connectivity index (χ0v) is 17.5. The number of anilines is 2. The second-order valence-electron chi connectivity index (χ2n) is 9.35. The molecule has 2 fully saturated rings. The smallest absolute Gasteiger partial charge is 0.255 e. The largest absolute Gasteiger partial charge is 0.378 e. The Bertz CT molecular complexity index is 1200. The molecule has 32 heavy (non-hydrogen) atoms. The standard InChI is InChI=1S/C27H24F2N2O/c28-21-10-9-19(14-22(21)29)30-27(32)18-8-11-23-20(13-18)24-16-6-7-17(12-16)25(24)26(31-23)15-4-2-1-3-5-15/h1-5,8-11,13-14,16-17,24-26,31H,6-7,12H2,(H,30,32)/t16-,17-,24-,25-,26+/m0/s1. The number of fused-ring (bicyclic) bond motifs is 7. The van der Waals surface area contributed by atoms with Gasteiger partial charge in [0, 0.05) is 23.0 Å². The molecule has 162 valence electrons. The van der Waals surface area contributed by atoms with Gasteiger partial charge in [-0.1, -0.05) is 30.3 Å². The van der Waals surface area contributed by atoms with E-state index in [0.29, 0.717) is 29.2 Å². The monoisotopic (exact) mass is 430 g/mol. The fraction of sp³-hybridized carbons (Fsp3) is 0.296. The van der Waals surface area contributed by atoms with Crippen molar-refractivity contribution in [2.24, 2.45) is 17.8 Å². The molecule has 0 unspecified atom stereocenters. The fourth-order valence-electron chi connectivity index (χ4n) is 6.39. The molecule has 0 saturated heterocycles. The van der Waals surface area contributed by atoms with Crippen LogP contribution in [-0.4, -0.2) is 5.91 Å². The maximum Gasteiger partial charge on any atom is 0.255 e. The second-order valence-corrected chi connectivity index (χ2v) is 9.35. The Kier molecular flexibility index (Phi) is 4.53. The molecule has 2 aliphatic carbocycles. The zero-order valence-electron chi connectivity index (χ0n) is 17.5. The van der Waals surface area contributed by atoms with E-state index in [-0.39, 0.29) is 17.6 Å². The van der Waals surface area contributed by atoms with Crippen LogP contribution >= 0.6 is 0 Å². The van der Waals surface area contributed by atoms with Crippen LogP contribution in [0.5, 0.6) is 0 Å². The highest BCUT2D eigenvalue weighted by atomic mass is 19.2. The third-order valence-electron chi connectivity index (χ3n) is 7.69. The normalized spacial score (nSPS) is 27.4. The Hall–Kier alpha value is -3.21. The number of hydrogen-bond acceptors (Lipinski definition) is 2. The summed E-state index contributed by atoms with van der Waals surface area (Å²) in [5, 5.41) is 6.47. The summed E-state index contributed by atoms with van der Waals surface area (Å²) >= 11 is 0. The Morgan fingerprint density at radius 3 is 2.53 bits per heavy atom. The van der Waals surface area contributed by atoms with E-state index in [2.05, 4.69) is 41.0 Å². The van der Waals surface area contributed by atoms with E-state index in [0.717, 1.165) is 17.8 Å². The minimum absolute atomic E-state index is 0.242. The van der Waals surface area contributed by atoms with Crippen molar-refractivity contribution in [2.45, 2.75) is 31.2 Å².